The smallest absolute Gasteiger partial charge is 0.309 e. The highest BCUT2D eigenvalue weighted by atomic mass is 16.5. The van der Waals surface area contributed by atoms with E-state index in [1.54, 1.807) is 20.2 Å². The maximum atomic E-state index is 11.3. The molecule has 18 heavy (non-hydrogen) atoms. The van der Waals surface area contributed by atoms with E-state index < -0.39 is 11.4 Å². The van der Waals surface area contributed by atoms with E-state index in [4.69, 9.17) is 4.74 Å². The van der Waals surface area contributed by atoms with Gasteiger partial charge in [0.15, 0.2) is 0 Å². The summed E-state index contributed by atoms with van der Waals surface area (Å²) in [4.78, 5) is 15.7. The molecule has 100 valence electrons. The van der Waals surface area contributed by atoms with Gasteiger partial charge in [0.1, 0.15) is 5.75 Å². The van der Waals surface area contributed by atoms with E-state index >= 15 is 0 Å². The molecule has 1 rings (SSSR count). The number of aryl methyl sites for hydroxylation is 1. The highest BCUT2D eigenvalue weighted by Crippen LogP contribution is 2.31. The third kappa shape index (κ3) is 2.63. The topological polar surface area (TPSA) is 59.4 Å². The number of aromatic nitrogens is 1. The molecule has 0 bridgehead atoms. The summed E-state index contributed by atoms with van der Waals surface area (Å²) in [6.07, 6.45) is 2.72. The molecule has 0 aromatic carbocycles. The quantitative estimate of drug-likeness (QED) is 0.874. The van der Waals surface area contributed by atoms with Crippen LogP contribution in [0.25, 0.3) is 0 Å². The van der Waals surface area contributed by atoms with Crippen LogP contribution in [0.15, 0.2) is 6.20 Å². The zero-order valence-electron chi connectivity index (χ0n) is 11.7. The summed E-state index contributed by atoms with van der Waals surface area (Å²) in [6.45, 7) is 7.49. The number of carboxylic acids is 1. The van der Waals surface area contributed by atoms with Crippen molar-refractivity contribution < 1.29 is 14.6 Å². The van der Waals surface area contributed by atoms with Gasteiger partial charge in [-0.3, -0.25) is 9.78 Å². The Kier molecular flexibility index (Phi) is 4.33. The van der Waals surface area contributed by atoms with Crippen LogP contribution in [0.1, 0.15) is 37.1 Å². The van der Waals surface area contributed by atoms with E-state index in [-0.39, 0.29) is 0 Å². The van der Waals surface area contributed by atoms with Crippen molar-refractivity contribution in [1.82, 2.24) is 4.98 Å². The average molecular weight is 251 g/mol. The number of nitrogens with zero attached hydrogens (tertiary/aromatic N) is 1. The first kappa shape index (κ1) is 14.5. The molecule has 0 spiro atoms. The first-order valence-corrected chi connectivity index (χ1v) is 6.08. The summed E-state index contributed by atoms with van der Waals surface area (Å²) in [5.74, 6) is 0.00887. The molecular weight excluding hydrogens is 230 g/mol. The second kappa shape index (κ2) is 5.38. The molecule has 0 saturated carbocycles. The number of hydrogen-bond donors (Lipinski definition) is 1. The normalized spacial score (nSPS) is 14.1. The van der Waals surface area contributed by atoms with Crippen LogP contribution in [0.3, 0.4) is 0 Å². The summed E-state index contributed by atoms with van der Waals surface area (Å²) in [7, 11) is 1.62. The van der Waals surface area contributed by atoms with Crippen LogP contribution < -0.4 is 4.74 Å². The van der Waals surface area contributed by atoms with Gasteiger partial charge in [0.25, 0.3) is 0 Å². The Morgan fingerprint density at radius 2 is 2.11 bits per heavy atom. The van der Waals surface area contributed by atoms with Gasteiger partial charge >= 0.3 is 5.97 Å². The number of hydrogen-bond acceptors (Lipinski definition) is 3. The van der Waals surface area contributed by atoms with Crippen LogP contribution in [0.2, 0.25) is 0 Å². The maximum absolute atomic E-state index is 11.3. The van der Waals surface area contributed by atoms with Gasteiger partial charge in [0.05, 0.1) is 12.5 Å². The molecule has 1 heterocycles. The van der Waals surface area contributed by atoms with Gasteiger partial charge in [0, 0.05) is 29.4 Å². The molecule has 1 aromatic rings. The van der Waals surface area contributed by atoms with Gasteiger partial charge < -0.3 is 9.84 Å². The van der Waals surface area contributed by atoms with Crippen LogP contribution >= 0.6 is 0 Å². The number of methoxy groups -OCH3 is 1. The molecule has 1 N–H and O–H groups in total. The standard InChI is InChI=1S/C14H21NO3/c1-6-14(4,13(16)17)7-11-10(3)12(18-5)9(2)8-15-11/h8H,6-7H2,1-5H3,(H,16,17). The van der Waals surface area contributed by atoms with Crippen molar-refractivity contribution in [2.24, 2.45) is 5.41 Å². The van der Waals surface area contributed by atoms with E-state index in [1.165, 1.54) is 0 Å². The molecule has 1 atom stereocenters. The molecule has 1 aromatic heterocycles. The Morgan fingerprint density at radius 1 is 1.50 bits per heavy atom. The predicted octanol–water partition coefficient (Wildman–Crippen LogP) is 2.75. The van der Waals surface area contributed by atoms with E-state index in [9.17, 15) is 9.90 Å². The van der Waals surface area contributed by atoms with Crippen LogP contribution in [-0.2, 0) is 11.2 Å². The Bertz CT molecular complexity index is 457. The lowest BCUT2D eigenvalue weighted by atomic mass is 9.82. The molecule has 4 heteroatoms. The van der Waals surface area contributed by atoms with Crippen molar-refractivity contribution in [3.05, 3.63) is 23.0 Å². The van der Waals surface area contributed by atoms with Crippen molar-refractivity contribution in [2.45, 2.75) is 40.5 Å². The first-order chi connectivity index (χ1) is 8.35. The van der Waals surface area contributed by atoms with Gasteiger partial charge in [-0.05, 0) is 27.2 Å². The fourth-order valence-electron chi connectivity index (χ4n) is 1.97. The SMILES string of the molecule is CCC(C)(Cc1ncc(C)c(OC)c1C)C(=O)O. The Labute approximate surface area is 108 Å². The Hall–Kier alpha value is -1.58. The molecular formula is C14H21NO3. The minimum atomic E-state index is -0.786. The second-order valence-electron chi connectivity index (χ2n) is 4.94. The third-order valence-corrected chi connectivity index (χ3v) is 3.60. The highest BCUT2D eigenvalue weighted by Gasteiger charge is 2.32. The van der Waals surface area contributed by atoms with Crippen LogP contribution in [0.4, 0.5) is 0 Å². The van der Waals surface area contributed by atoms with Crippen LogP contribution in [-0.4, -0.2) is 23.2 Å². The molecule has 0 radical (unpaired) electrons. The van der Waals surface area contributed by atoms with Gasteiger partial charge in [-0.2, -0.15) is 0 Å². The second-order valence-corrected chi connectivity index (χ2v) is 4.94. The molecule has 0 fully saturated rings. The molecule has 0 amide bonds. The third-order valence-electron chi connectivity index (χ3n) is 3.60. The largest absolute Gasteiger partial charge is 0.496 e. The van der Waals surface area contributed by atoms with Gasteiger partial charge in [-0.15, -0.1) is 0 Å². The number of carboxylic acid groups (broad SMARTS) is 1. The van der Waals surface area contributed by atoms with E-state index in [2.05, 4.69) is 4.98 Å². The van der Waals surface area contributed by atoms with Crippen molar-refractivity contribution in [2.75, 3.05) is 7.11 Å². The Balaban J connectivity index is 3.16. The lowest BCUT2D eigenvalue weighted by Crippen LogP contribution is -2.30. The zero-order chi connectivity index (χ0) is 13.9. The lowest BCUT2D eigenvalue weighted by molar-refractivity contribution is -0.148. The zero-order valence-corrected chi connectivity index (χ0v) is 11.7. The van der Waals surface area contributed by atoms with Crippen molar-refractivity contribution in [3.8, 4) is 5.75 Å². The molecule has 0 aliphatic carbocycles. The van der Waals surface area contributed by atoms with Gasteiger partial charge in [-0.1, -0.05) is 6.92 Å². The predicted molar refractivity (Wildman–Crippen MR) is 70.0 cm³/mol. The fourth-order valence-corrected chi connectivity index (χ4v) is 1.97. The van der Waals surface area contributed by atoms with E-state index in [1.807, 2.05) is 20.8 Å². The lowest BCUT2D eigenvalue weighted by Gasteiger charge is -2.24. The summed E-state index contributed by atoms with van der Waals surface area (Å²) in [5.41, 5.74) is 1.91. The van der Waals surface area contributed by atoms with Crippen LogP contribution in [0, 0.1) is 19.3 Å². The van der Waals surface area contributed by atoms with Crippen LogP contribution in [0.5, 0.6) is 5.75 Å². The van der Waals surface area contributed by atoms with Crippen molar-refractivity contribution in [3.63, 3.8) is 0 Å². The van der Waals surface area contributed by atoms with Gasteiger partial charge in [0.2, 0.25) is 0 Å². The molecule has 4 nitrogen and oxygen atoms in total. The average Bonchev–Trinajstić information content (AvgIpc) is 2.33. The molecule has 0 aliphatic rings. The molecule has 0 saturated heterocycles. The number of rotatable bonds is 5. The molecule has 1 unspecified atom stereocenters. The minimum Gasteiger partial charge on any atom is -0.496 e. The fraction of sp³-hybridized carbons (Fsp3) is 0.571. The number of carbonyl (C=O) groups is 1. The minimum absolute atomic E-state index is 0.418. The van der Waals surface area contributed by atoms with Crippen molar-refractivity contribution >= 4 is 5.97 Å². The molecule has 0 aliphatic heterocycles. The summed E-state index contributed by atoms with van der Waals surface area (Å²) >= 11 is 0. The summed E-state index contributed by atoms with van der Waals surface area (Å²) < 4.78 is 5.34. The maximum Gasteiger partial charge on any atom is 0.309 e. The first-order valence-electron chi connectivity index (χ1n) is 6.08. The number of pyridine rings is 1. The van der Waals surface area contributed by atoms with Gasteiger partial charge in [-0.25, -0.2) is 0 Å². The highest BCUT2D eigenvalue weighted by molar-refractivity contribution is 5.74. The number of ether oxygens (including phenoxy) is 1. The van der Waals surface area contributed by atoms with E-state index in [0.717, 1.165) is 22.6 Å². The van der Waals surface area contributed by atoms with E-state index in [0.29, 0.717) is 12.8 Å². The summed E-state index contributed by atoms with van der Waals surface area (Å²) in [5, 5.41) is 9.31. The number of aliphatic carboxylic acids is 1. The Morgan fingerprint density at radius 3 is 2.56 bits per heavy atom. The summed E-state index contributed by atoms with van der Waals surface area (Å²) in [6, 6.07) is 0. The monoisotopic (exact) mass is 251 g/mol. The van der Waals surface area contributed by atoms with Crippen molar-refractivity contribution in [1.29, 1.82) is 0 Å².